The van der Waals surface area contributed by atoms with Gasteiger partial charge in [0, 0.05) is 37.1 Å². The van der Waals surface area contributed by atoms with E-state index in [2.05, 4.69) is 34.4 Å². The largest absolute Gasteiger partial charge is 1.00 e. The van der Waals surface area contributed by atoms with Gasteiger partial charge in [-0.25, -0.2) is 28.6 Å². The van der Waals surface area contributed by atoms with Crippen molar-refractivity contribution in [3.8, 4) is 0 Å². The average Bonchev–Trinajstić information content (AvgIpc) is 3.60. The Morgan fingerprint density at radius 1 is 1.04 bits per heavy atom. The first kappa shape index (κ1) is 56.3. The van der Waals surface area contributed by atoms with Crippen LogP contribution < -0.4 is 72.9 Å². The molecule has 2 aromatic rings. The summed E-state index contributed by atoms with van der Waals surface area (Å²) >= 11 is 0.939. The minimum Gasteiger partial charge on any atom is -1.00 e. The standard InChI is InChI=1S/C25H42N7O18P3S.3Li.3H/c1-13(33)8-16(35)54-7-6-27-15(34)4-5-28-23(38)20(37)25(2,3)10-47-53(44,45)50-52(42,43)46-9-14-19(49-51(39,40)41)18(36)24(48-14)32-12-31-17-21(26)29-11-30-22(17)32;;;;;;/h11-14,18-20,24,33,36-37H,4-10H2,1-3H3,(H,27,34)(H,28,38)(H,42,43)(H,44,45)(H2,26,29,30)(H2,39,40,41);;;;;;/q;3*+1;3*-1/t13?,14-,18-,19-,20+,24-;;;;;;/m1....../s1. The van der Waals surface area contributed by atoms with E-state index in [1.54, 1.807) is 0 Å². The molecule has 3 unspecified atom stereocenters. The Hall–Kier alpha value is -0.688. The maximum absolute atomic E-state index is 12.6. The topological polar surface area (TPSA) is 384 Å². The Bertz CT molecular complexity index is 1810. The van der Waals surface area contributed by atoms with E-state index < -0.39 is 90.7 Å². The first-order valence-corrected chi connectivity index (χ1v) is 21.1. The third-order valence-electron chi connectivity index (χ3n) is 7.23. The van der Waals surface area contributed by atoms with Gasteiger partial charge in [-0.2, -0.15) is 4.31 Å². The number of hydrogen-bond donors (Lipinski definition) is 10. The monoisotopic (exact) mass is 877 g/mol. The van der Waals surface area contributed by atoms with Crippen LogP contribution in [0, 0.1) is 5.41 Å². The fourth-order valence-electron chi connectivity index (χ4n) is 4.60. The van der Waals surface area contributed by atoms with E-state index in [1.807, 2.05) is 0 Å². The molecule has 25 nitrogen and oxygen atoms in total. The first-order valence-electron chi connectivity index (χ1n) is 15.6. The van der Waals surface area contributed by atoms with Crippen LogP contribution in [0.1, 0.15) is 44.1 Å². The van der Waals surface area contributed by atoms with Crippen LogP contribution in [0.15, 0.2) is 12.7 Å². The van der Waals surface area contributed by atoms with Crippen LogP contribution in [0.3, 0.4) is 0 Å². The van der Waals surface area contributed by atoms with Gasteiger partial charge in [0.2, 0.25) is 11.8 Å². The summed E-state index contributed by atoms with van der Waals surface area (Å²) < 4.78 is 61.9. The molecule has 1 aliphatic rings. The van der Waals surface area contributed by atoms with Gasteiger partial charge < -0.3 is 60.3 Å². The molecule has 57 heavy (non-hydrogen) atoms. The zero-order valence-electron chi connectivity index (χ0n) is 34.8. The predicted molar refractivity (Wildman–Crippen MR) is 187 cm³/mol. The Balaban J connectivity index is -0.00000261. The SMILES string of the molecule is CC(O)CC(=O)SCCNC(=O)CCNC(=O)[C@H](O)C(C)(C)COP(=O)(O)OP(=O)(O)OC[C@H]1O[C@@H](n2cnc3c(N)ncnc32)[C@H](O)[C@@H]1OP(=O)(O)O.[H-].[H-].[H-].[Li+].[Li+].[Li+]. The minimum absolute atomic E-state index is 0. The van der Waals surface area contributed by atoms with Crippen LogP contribution in [-0.4, -0.2) is 134 Å². The molecule has 0 radical (unpaired) electrons. The number of aromatic nitrogens is 4. The van der Waals surface area contributed by atoms with Crippen LogP contribution >= 0.6 is 35.2 Å². The van der Waals surface area contributed by atoms with Gasteiger partial charge >= 0.3 is 80.0 Å². The quantitative estimate of drug-likeness (QED) is 0.0316. The Morgan fingerprint density at radius 3 is 2.28 bits per heavy atom. The van der Waals surface area contributed by atoms with E-state index in [4.69, 9.17) is 19.5 Å². The van der Waals surface area contributed by atoms with Crippen molar-refractivity contribution in [1.29, 1.82) is 0 Å². The summed E-state index contributed by atoms with van der Waals surface area (Å²) in [4.78, 5) is 86.9. The molecule has 0 spiro atoms. The van der Waals surface area contributed by atoms with Gasteiger partial charge in [0.15, 0.2) is 22.8 Å². The summed E-state index contributed by atoms with van der Waals surface area (Å²) in [6, 6.07) is 0. The molecular weight excluding hydrogens is 832 g/mol. The number of aliphatic hydroxyl groups excluding tert-OH is 3. The Labute approximate surface area is 370 Å². The number of phosphoric ester groups is 3. The fourth-order valence-corrected chi connectivity index (χ4v) is 8.22. The first-order chi connectivity index (χ1) is 24.9. The summed E-state index contributed by atoms with van der Waals surface area (Å²) in [7, 11) is -16.4. The van der Waals surface area contributed by atoms with Crippen LogP contribution in [0.4, 0.5) is 5.82 Å². The van der Waals surface area contributed by atoms with Crippen molar-refractivity contribution in [3.63, 3.8) is 0 Å². The van der Waals surface area contributed by atoms with Gasteiger partial charge in [0.1, 0.15) is 36.3 Å². The number of fused-ring (bicyclic) bond motifs is 1. The summed E-state index contributed by atoms with van der Waals surface area (Å²) in [5, 5.41) is 35.2. The van der Waals surface area contributed by atoms with E-state index in [0.717, 1.165) is 29.0 Å². The van der Waals surface area contributed by atoms with E-state index >= 15 is 0 Å². The van der Waals surface area contributed by atoms with Crippen LogP contribution in [0.2, 0.25) is 0 Å². The zero-order valence-corrected chi connectivity index (χ0v) is 35.3. The van der Waals surface area contributed by atoms with Gasteiger partial charge in [0.05, 0.1) is 25.6 Å². The third-order valence-corrected chi connectivity index (χ3v) is 11.2. The van der Waals surface area contributed by atoms with Crippen LogP contribution in [0.5, 0.6) is 0 Å². The van der Waals surface area contributed by atoms with Crippen molar-refractivity contribution < 1.29 is 146 Å². The molecule has 0 saturated carbocycles. The average molecular weight is 877 g/mol. The van der Waals surface area contributed by atoms with Gasteiger partial charge in [0.25, 0.3) is 0 Å². The third kappa shape index (κ3) is 18.1. The van der Waals surface area contributed by atoms with Gasteiger partial charge in [-0.15, -0.1) is 0 Å². The fraction of sp³-hybridized carbons (Fsp3) is 0.680. The second-order valence-corrected chi connectivity index (χ2v) is 17.7. The summed E-state index contributed by atoms with van der Waals surface area (Å²) in [6.45, 7) is 1.83. The van der Waals surface area contributed by atoms with Gasteiger partial charge in [-0.1, -0.05) is 25.6 Å². The number of hydrogen-bond acceptors (Lipinski definition) is 19. The molecular formula is C25H45Li3N7O18P3S. The van der Waals surface area contributed by atoms with Crippen LogP contribution in [-0.2, 0) is 50.7 Å². The second-order valence-electron chi connectivity index (χ2n) is 12.3. The van der Waals surface area contributed by atoms with Crippen molar-refractivity contribution in [1.82, 2.24) is 30.2 Å². The molecule has 1 aliphatic heterocycles. The number of imidazole rings is 1. The smallest absolute Gasteiger partial charge is 1.00 e. The predicted octanol–water partition coefficient (Wildman–Crippen LogP) is -10.2. The summed E-state index contributed by atoms with van der Waals surface area (Å²) in [5.41, 5.74) is 4.23. The number of thioether (sulfide) groups is 1. The molecule has 8 atom stereocenters. The molecule has 1 saturated heterocycles. The molecule has 11 N–H and O–H groups in total. The number of carbonyl (C=O) groups is 3. The Morgan fingerprint density at radius 2 is 1.67 bits per heavy atom. The normalized spacial score (nSPS) is 21.4. The van der Waals surface area contributed by atoms with E-state index in [1.165, 1.54) is 20.8 Å². The van der Waals surface area contributed by atoms with E-state index in [9.17, 15) is 63.0 Å². The van der Waals surface area contributed by atoms with Crippen LogP contribution in [0.25, 0.3) is 11.2 Å². The molecule has 312 valence electrons. The van der Waals surface area contributed by atoms with E-state index in [0.29, 0.717) is 0 Å². The number of ether oxygens (including phenoxy) is 1. The maximum Gasteiger partial charge on any atom is 1.00 e. The minimum atomic E-state index is -5.57. The van der Waals surface area contributed by atoms with Crippen molar-refractivity contribution in [2.24, 2.45) is 5.41 Å². The molecule has 2 amide bonds. The van der Waals surface area contributed by atoms with Crippen molar-refractivity contribution in [2.75, 3.05) is 37.8 Å². The number of nitrogens with one attached hydrogen (secondary N) is 2. The summed E-state index contributed by atoms with van der Waals surface area (Å²) in [6.07, 6.45) is -7.79. The number of aliphatic hydroxyl groups is 3. The number of nitrogen functional groups attached to an aromatic ring is 1. The number of carbonyl (C=O) groups excluding carboxylic acids is 3. The number of phosphoric acid groups is 3. The van der Waals surface area contributed by atoms with Gasteiger partial charge in [-0.05, 0) is 6.92 Å². The van der Waals surface area contributed by atoms with Gasteiger partial charge in [-0.3, -0.25) is 32.5 Å². The van der Waals surface area contributed by atoms with Crippen molar-refractivity contribution in [3.05, 3.63) is 12.7 Å². The Kier molecular flexibility index (Phi) is 23.8. The molecule has 2 aromatic heterocycles. The molecule has 0 aromatic carbocycles. The molecule has 0 aliphatic carbocycles. The number of rotatable bonds is 21. The number of nitrogens with zero attached hydrogens (tertiary/aromatic N) is 4. The second kappa shape index (κ2) is 24.1. The molecule has 3 heterocycles. The molecule has 32 heteroatoms. The summed E-state index contributed by atoms with van der Waals surface area (Å²) in [5.74, 6) is -1.25. The van der Waals surface area contributed by atoms with Crippen molar-refractivity contribution >= 4 is 69.1 Å². The zero-order chi connectivity index (χ0) is 40.6. The number of anilines is 1. The molecule has 0 bridgehead atoms. The number of amides is 2. The molecule has 3 rings (SSSR count). The van der Waals surface area contributed by atoms with E-state index in [-0.39, 0.29) is 115 Å². The maximum atomic E-state index is 12.6. The number of nitrogens with two attached hydrogens (primary N) is 1. The molecule has 1 fully saturated rings. The van der Waals surface area contributed by atoms with Crippen molar-refractivity contribution in [2.45, 2.75) is 70.4 Å².